The summed E-state index contributed by atoms with van der Waals surface area (Å²) in [6.45, 7) is 1.12. The van der Waals surface area contributed by atoms with E-state index in [0.29, 0.717) is 31.0 Å². The molecule has 1 atom stereocenters. The topological polar surface area (TPSA) is 140 Å². The van der Waals surface area contributed by atoms with Gasteiger partial charge in [0.1, 0.15) is 5.75 Å². The van der Waals surface area contributed by atoms with Gasteiger partial charge in [-0.1, -0.05) is 12.1 Å². The molecule has 136 valence electrons. The van der Waals surface area contributed by atoms with Crippen molar-refractivity contribution in [3.05, 3.63) is 23.8 Å². The van der Waals surface area contributed by atoms with Crippen molar-refractivity contribution in [3.63, 3.8) is 0 Å². The number of carboxylic acid groups (broad SMARTS) is 1. The van der Waals surface area contributed by atoms with E-state index in [2.05, 4.69) is 10.3 Å². The number of carbonyl (C=O) groups excluding carboxylic acids is 1. The number of carboxylic acids is 1. The number of aliphatic carboxylic acids is 1. The van der Waals surface area contributed by atoms with Crippen LogP contribution in [0.15, 0.2) is 23.2 Å². The molecule has 0 aliphatic carbocycles. The molecule has 1 heterocycles. The van der Waals surface area contributed by atoms with Crippen LogP contribution in [-0.4, -0.2) is 36.1 Å². The van der Waals surface area contributed by atoms with E-state index in [1.165, 1.54) is 0 Å². The molecule has 1 unspecified atom stereocenters. The van der Waals surface area contributed by atoms with Crippen LogP contribution in [0, 0.1) is 5.92 Å². The minimum atomic E-state index is -0.975. The molecule has 1 aromatic rings. The Morgan fingerprint density at radius 1 is 1.32 bits per heavy atom. The van der Waals surface area contributed by atoms with E-state index in [-0.39, 0.29) is 18.3 Å². The van der Waals surface area contributed by atoms with Crippen molar-refractivity contribution in [1.82, 2.24) is 0 Å². The van der Waals surface area contributed by atoms with Gasteiger partial charge in [0.15, 0.2) is 5.96 Å². The van der Waals surface area contributed by atoms with Crippen molar-refractivity contribution in [2.75, 3.05) is 18.5 Å². The van der Waals surface area contributed by atoms with Gasteiger partial charge in [-0.05, 0) is 37.3 Å². The number of carbonyl (C=O) groups is 2. The highest BCUT2D eigenvalue weighted by molar-refractivity contribution is 5.98. The van der Waals surface area contributed by atoms with Gasteiger partial charge >= 0.3 is 5.97 Å². The number of fused-ring (bicyclic) bond motifs is 1. The number of para-hydroxylation sites is 1. The number of hydrogen-bond donors (Lipinski definition) is 4. The molecular weight excluding hydrogens is 324 g/mol. The normalized spacial score (nSPS) is 15.8. The zero-order chi connectivity index (χ0) is 18.2. The molecule has 8 nitrogen and oxygen atoms in total. The number of benzene rings is 1. The Bertz CT molecular complexity index is 656. The van der Waals surface area contributed by atoms with Gasteiger partial charge in [-0.2, -0.15) is 0 Å². The summed E-state index contributed by atoms with van der Waals surface area (Å²) in [5.74, 6) is -1.08. The summed E-state index contributed by atoms with van der Waals surface area (Å²) >= 11 is 0. The zero-order valence-electron chi connectivity index (χ0n) is 14.0. The first-order valence-electron chi connectivity index (χ1n) is 8.30. The van der Waals surface area contributed by atoms with Gasteiger partial charge in [-0.25, -0.2) is 0 Å². The Kier molecular flexibility index (Phi) is 6.62. The fourth-order valence-electron chi connectivity index (χ4n) is 2.75. The molecule has 25 heavy (non-hydrogen) atoms. The maximum absolute atomic E-state index is 12.1. The first kappa shape index (κ1) is 18.6. The molecule has 0 bridgehead atoms. The first-order valence-corrected chi connectivity index (χ1v) is 8.30. The zero-order valence-corrected chi connectivity index (χ0v) is 14.0. The fraction of sp³-hybridized carbons (Fsp3) is 0.471. The van der Waals surface area contributed by atoms with E-state index in [9.17, 15) is 9.59 Å². The standard InChI is InChI=1S/C17H24N4O4/c18-17(19)20-7-2-1-3-8-25-13-6-4-5-11-9-12(10-14(22)23)16(24)21-15(11)13/h4-6,12H,1-3,7-10H2,(H,21,24)(H,22,23)(H4,18,19,20). The molecule has 0 saturated carbocycles. The minimum absolute atomic E-state index is 0.101. The number of guanidine groups is 1. The Morgan fingerprint density at radius 2 is 2.12 bits per heavy atom. The van der Waals surface area contributed by atoms with Crippen molar-refractivity contribution >= 4 is 23.5 Å². The number of rotatable bonds is 9. The second-order valence-corrected chi connectivity index (χ2v) is 5.99. The molecule has 0 aromatic heterocycles. The quantitative estimate of drug-likeness (QED) is 0.299. The largest absolute Gasteiger partial charge is 0.491 e. The average molecular weight is 348 g/mol. The molecule has 1 aliphatic rings. The van der Waals surface area contributed by atoms with E-state index in [4.69, 9.17) is 21.3 Å². The highest BCUT2D eigenvalue weighted by Gasteiger charge is 2.29. The van der Waals surface area contributed by atoms with Crippen LogP contribution in [0.5, 0.6) is 5.75 Å². The van der Waals surface area contributed by atoms with E-state index < -0.39 is 11.9 Å². The summed E-state index contributed by atoms with van der Waals surface area (Å²) in [4.78, 5) is 26.9. The minimum Gasteiger partial charge on any atom is -0.491 e. The van der Waals surface area contributed by atoms with Crippen LogP contribution in [0.2, 0.25) is 0 Å². The molecule has 1 amide bonds. The van der Waals surface area contributed by atoms with E-state index >= 15 is 0 Å². The average Bonchev–Trinajstić information content (AvgIpc) is 2.54. The smallest absolute Gasteiger partial charge is 0.304 e. The summed E-state index contributed by atoms with van der Waals surface area (Å²) in [5, 5.41) is 11.7. The van der Waals surface area contributed by atoms with Crippen LogP contribution in [0.3, 0.4) is 0 Å². The molecule has 0 spiro atoms. The van der Waals surface area contributed by atoms with Crippen molar-refractivity contribution in [2.45, 2.75) is 32.1 Å². The molecule has 0 saturated heterocycles. The third kappa shape index (κ3) is 5.66. The number of aliphatic imine (C=N–C) groups is 1. The predicted molar refractivity (Wildman–Crippen MR) is 94.5 cm³/mol. The van der Waals surface area contributed by atoms with Gasteiger partial charge in [0.25, 0.3) is 0 Å². The summed E-state index contributed by atoms with van der Waals surface area (Å²) in [5.41, 5.74) is 12.1. The van der Waals surface area contributed by atoms with Gasteiger partial charge in [0, 0.05) is 6.54 Å². The Labute approximate surface area is 146 Å². The molecule has 1 aromatic carbocycles. The summed E-state index contributed by atoms with van der Waals surface area (Å²) in [7, 11) is 0. The number of unbranched alkanes of at least 4 members (excludes halogenated alkanes) is 2. The van der Waals surface area contributed by atoms with Crippen molar-refractivity contribution < 1.29 is 19.4 Å². The van der Waals surface area contributed by atoms with E-state index in [1.807, 2.05) is 12.1 Å². The molecule has 0 radical (unpaired) electrons. The van der Waals surface area contributed by atoms with Crippen molar-refractivity contribution in [2.24, 2.45) is 22.4 Å². The number of nitrogens with two attached hydrogens (primary N) is 2. The molecule has 6 N–H and O–H groups in total. The van der Waals surface area contributed by atoms with Crippen LogP contribution in [0.1, 0.15) is 31.2 Å². The van der Waals surface area contributed by atoms with Crippen LogP contribution < -0.4 is 21.5 Å². The highest BCUT2D eigenvalue weighted by atomic mass is 16.5. The third-order valence-corrected chi connectivity index (χ3v) is 3.97. The summed E-state index contributed by atoms with van der Waals surface area (Å²) < 4.78 is 5.78. The predicted octanol–water partition coefficient (Wildman–Crippen LogP) is 1.09. The number of anilines is 1. The maximum atomic E-state index is 12.1. The number of hydrogen-bond acceptors (Lipinski definition) is 4. The van der Waals surface area contributed by atoms with Gasteiger partial charge in [0.05, 0.1) is 24.6 Å². The second-order valence-electron chi connectivity index (χ2n) is 5.99. The third-order valence-electron chi connectivity index (χ3n) is 3.97. The van der Waals surface area contributed by atoms with Crippen molar-refractivity contribution in [3.8, 4) is 5.75 Å². The summed E-state index contributed by atoms with van der Waals surface area (Å²) in [6, 6.07) is 5.53. The SMILES string of the molecule is NC(N)=NCCCCCOc1cccc2c1NC(=O)C(CC(=O)O)C2. The fourth-order valence-corrected chi connectivity index (χ4v) is 2.75. The van der Waals surface area contributed by atoms with Crippen LogP contribution >= 0.6 is 0 Å². The number of nitrogens with one attached hydrogen (secondary N) is 1. The summed E-state index contributed by atoms with van der Waals surface area (Å²) in [6.07, 6.45) is 2.88. The second kappa shape index (κ2) is 8.91. The Hall–Kier alpha value is -2.77. The molecule has 2 rings (SSSR count). The maximum Gasteiger partial charge on any atom is 0.304 e. The Balaban J connectivity index is 1.86. The lowest BCUT2D eigenvalue weighted by Gasteiger charge is -2.25. The molecule has 0 fully saturated rings. The lowest BCUT2D eigenvalue weighted by Crippen LogP contribution is -2.31. The van der Waals surface area contributed by atoms with Crippen LogP contribution in [-0.2, 0) is 16.0 Å². The Morgan fingerprint density at radius 3 is 2.84 bits per heavy atom. The number of ether oxygens (including phenoxy) is 1. The van der Waals surface area contributed by atoms with E-state index in [0.717, 1.165) is 24.8 Å². The lowest BCUT2D eigenvalue weighted by molar-refractivity contribution is -0.140. The highest BCUT2D eigenvalue weighted by Crippen LogP contribution is 2.35. The van der Waals surface area contributed by atoms with Crippen molar-refractivity contribution in [1.29, 1.82) is 0 Å². The van der Waals surface area contributed by atoms with Gasteiger partial charge in [0.2, 0.25) is 5.91 Å². The number of nitrogens with zero attached hydrogens (tertiary/aromatic N) is 1. The molecular formula is C17H24N4O4. The first-order chi connectivity index (χ1) is 12.0. The van der Waals surface area contributed by atoms with Gasteiger partial charge < -0.3 is 26.6 Å². The van der Waals surface area contributed by atoms with Crippen LogP contribution in [0.4, 0.5) is 5.69 Å². The lowest BCUT2D eigenvalue weighted by atomic mass is 9.90. The van der Waals surface area contributed by atoms with Gasteiger partial charge in [-0.15, -0.1) is 0 Å². The molecule has 1 aliphatic heterocycles. The van der Waals surface area contributed by atoms with Gasteiger partial charge in [-0.3, -0.25) is 14.6 Å². The monoisotopic (exact) mass is 348 g/mol. The van der Waals surface area contributed by atoms with Crippen LogP contribution in [0.25, 0.3) is 0 Å². The molecule has 8 heteroatoms. The number of amides is 1. The van der Waals surface area contributed by atoms with E-state index in [1.54, 1.807) is 6.07 Å².